The third-order valence-corrected chi connectivity index (χ3v) is 2.43. The summed E-state index contributed by atoms with van der Waals surface area (Å²) >= 11 is 0. The first-order valence-corrected chi connectivity index (χ1v) is 5.21. The summed E-state index contributed by atoms with van der Waals surface area (Å²) in [5.41, 5.74) is 1.27. The van der Waals surface area contributed by atoms with Gasteiger partial charge in [0.05, 0.1) is 0 Å². The Morgan fingerprint density at radius 1 is 1.71 bits per heavy atom. The Hall–Kier alpha value is -1.05. The molecule has 1 rings (SSSR count). The molecule has 2 heteroatoms. The number of ether oxygens (including phenoxy) is 1. The highest BCUT2D eigenvalue weighted by Crippen LogP contribution is 2.24. The van der Waals surface area contributed by atoms with Crippen molar-refractivity contribution in [2.24, 2.45) is 0 Å². The van der Waals surface area contributed by atoms with E-state index < -0.39 is 0 Å². The predicted molar refractivity (Wildman–Crippen MR) is 56.9 cm³/mol. The van der Waals surface area contributed by atoms with Gasteiger partial charge in [-0.2, -0.15) is 0 Å². The highest BCUT2D eigenvalue weighted by Gasteiger charge is 2.17. The highest BCUT2D eigenvalue weighted by molar-refractivity contribution is 5.66. The maximum absolute atomic E-state index is 10.9. The summed E-state index contributed by atoms with van der Waals surface area (Å²) < 4.78 is 5.25. The average Bonchev–Trinajstić information content (AvgIpc) is 2.18. The predicted octanol–water partition coefficient (Wildman–Crippen LogP) is 2.99. The van der Waals surface area contributed by atoms with E-state index in [4.69, 9.17) is 4.74 Å². The molecule has 1 aliphatic carbocycles. The van der Waals surface area contributed by atoms with E-state index in [0.29, 0.717) is 0 Å². The maximum atomic E-state index is 10.9. The van der Waals surface area contributed by atoms with Gasteiger partial charge in [-0.15, -0.1) is 6.58 Å². The van der Waals surface area contributed by atoms with Gasteiger partial charge in [0.15, 0.2) is 0 Å². The Labute approximate surface area is 85.6 Å². The summed E-state index contributed by atoms with van der Waals surface area (Å²) in [5, 5.41) is 0. The van der Waals surface area contributed by atoms with Crippen molar-refractivity contribution >= 4 is 5.97 Å². The van der Waals surface area contributed by atoms with Crippen molar-refractivity contribution in [3.8, 4) is 0 Å². The van der Waals surface area contributed by atoms with E-state index in [0.717, 1.165) is 19.3 Å². The molecule has 1 atom stereocenters. The fourth-order valence-electron chi connectivity index (χ4n) is 1.78. The van der Waals surface area contributed by atoms with Gasteiger partial charge in [0.25, 0.3) is 0 Å². The summed E-state index contributed by atoms with van der Waals surface area (Å²) in [6.45, 7) is 5.14. The van der Waals surface area contributed by atoms with Crippen LogP contribution in [0.1, 0.15) is 39.0 Å². The molecule has 0 aromatic carbocycles. The lowest BCUT2D eigenvalue weighted by atomic mass is 9.94. The number of hydrogen-bond donors (Lipinski definition) is 0. The molecule has 78 valence electrons. The zero-order valence-corrected chi connectivity index (χ0v) is 8.79. The normalized spacial score (nSPS) is 18.2. The van der Waals surface area contributed by atoms with Crippen LogP contribution in [0.4, 0.5) is 0 Å². The zero-order valence-electron chi connectivity index (χ0n) is 8.79. The second-order valence-corrected chi connectivity index (χ2v) is 3.65. The Balaban J connectivity index is 2.59. The lowest BCUT2D eigenvalue weighted by molar-refractivity contribution is -0.144. The molecule has 0 radical (unpaired) electrons. The van der Waals surface area contributed by atoms with Gasteiger partial charge in [0, 0.05) is 13.3 Å². The number of hydrogen-bond acceptors (Lipinski definition) is 2. The van der Waals surface area contributed by atoms with Crippen molar-refractivity contribution < 1.29 is 9.53 Å². The van der Waals surface area contributed by atoms with Crippen molar-refractivity contribution in [3.63, 3.8) is 0 Å². The molecule has 0 N–H and O–H groups in total. The number of carbonyl (C=O) groups excluding carboxylic acids is 1. The fraction of sp³-hybridized carbons (Fsp3) is 0.583. The van der Waals surface area contributed by atoms with E-state index in [1.54, 1.807) is 0 Å². The van der Waals surface area contributed by atoms with Crippen molar-refractivity contribution in [3.05, 3.63) is 24.3 Å². The number of rotatable bonds is 4. The lowest BCUT2D eigenvalue weighted by Gasteiger charge is -2.21. The van der Waals surface area contributed by atoms with Crippen LogP contribution in [0.2, 0.25) is 0 Å². The summed E-state index contributed by atoms with van der Waals surface area (Å²) in [7, 11) is 0. The van der Waals surface area contributed by atoms with Crippen LogP contribution in [-0.2, 0) is 9.53 Å². The van der Waals surface area contributed by atoms with E-state index in [9.17, 15) is 4.79 Å². The third-order valence-electron chi connectivity index (χ3n) is 2.43. The fourth-order valence-corrected chi connectivity index (χ4v) is 1.78. The second kappa shape index (κ2) is 5.63. The topological polar surface area (TPSA) is 26.3 Å². The summed E-state index contributed by atoms with van der Waals surface area (Å²) in [4.78, 5) is 10.9. The molecule has 0 saturated heterocycles. The molecule has 1 unspecified atom stereocenters. The van der Waals surface area contributed by atoms with Gasteiger partial charge in [0.2, 0.25) is 0 Å². The average molecular weight is 194 g/mol. The van der Waals surface area contributed by atoms with Gasteiger partial charge in [-0.05, 0) is 31.3 Å². The first-order chi connectivity index (χ1) is 6.74. The zero-order chi connectivity index (χ0) is 10.4. The maximum Gasteiger partial charge on any atom is 0.303 e. The molecular weight excluding hydrogens is 176 g/mol. The van der Waals surface area contributed by atoms with E-state index in [1.807, 2.05) is 6.08 Å². The molecule has 2 nitrogen and oxygen atoms in total. The minimum atomic E-state index is -0.205. The summed E-state index contributed by atoms with van der Waals surface area (Å²) in [6, 6.07) is 0. The first kappa shape index (κ1) is 11.0. The quantitative estimate of drug-likeness (QED) is 0.508. The van der Waals surface area contributed by atoms with Crippen molar-refractivity contribution in [2.45, 2.75) is 45.1 Å². The van der Waals surface area contributed by atoms with Gasteiger partial charge in [-0.1, -0.05) is 12.2 Å². The Morgan fingerprint density at radius 3 is 3.00 bits per heavy atom. The Kier molecular flexibility index (Phi) is 4.44. The first-order valence-electron chi connectivity index (χ1n) is 5.21. The minimum absolute atomic E-state index is 0.0645. The van der Waals surface area contributed by atoms with Crippen LogP contribution in [0, 0.1) is 0 Å². The number of allylic oxidation sites excluding steroid dienone is 1. The minimum Gasteiger partial charge on any atom is -0.458 e. The summed E-state index contributed by atoms with van der Waals surface area (Å²) in [6.07, 6.45) is 9.32. The molecule has 0 bridgehead atoms. The molecule has 0 fully saturated rings. The second-order valence-electron chi connectivity index (χ2n) is 3.65. The Morgan fingerprint density at radius 2 is 2.50 bits per heavy atom. The van der Waals surface area contributed by atoms with Crippen LogP contribution in [0.15, 0.2) is 24.3 Å². The molecular formula is C12H18O2. The van der Waals surface area contributed by atoms with Crippen LogP contribution in [0.25, 0.3) is 0 Å². The SMILES string of the molecule is C=CCC(OC(C)=O)C1=CCCCC1. The smallest absolute Gasteiger partial charge is 0.303 e. The van der Waals surface area contributed by atoms with E-state index in [2.05, 4.69) is 12.7 Å². The molecule has 0 amide bonds. The van der Waals surface area contributed by atoms with E-state index >= 15 is 0 Å². The van der Waals surface area contributed by atoms with E-state index in [1.165, 1.54) is 25.3 Å². The third kappa shape index (κ3) is 3.36. The molecule has 0 aliphatic heterocycles. The van der Waals surface area contributed by atoms with Crippen molar-refractivity contribution in [1.82, 2.24) is 0 Å². The monoisotopic (exact) mass is 194 g/mol. The molecule has 0 aromatic heterocycles. The highest BCUT2D eigenvalue weighted by atomic mass is 16.5. The molecule has 0 heterocycles. The Bertz CT molecular complexity index is 241. The van der Waals surface area contributed by atoms with Crippen LogP contribution in [-0.4, -0.2) is 12.1 Å². The summed E-state index contributed by atoms with van der Waals surface area (Å²) in [5.74, 6) is -0.205. The van der Waals surface area contributed by atoms with Gasteiger partial charge in [0.1, 0.15) is 6.10 Å². The molecule has 0 spiro atoms. The van der Waals surface area contributed by atoms with Gasteiger partial charge in [-0.3, -0.25) is 4.79 Å². The number of carbonyl (C=O) groups is 1. The van der Waals surface area contributed by atoms with Gasteiger partial charge in [-0.25, -0.2) is 0 Å². The number of esters is 1. The standard InChI is InChI=1S/C12H18O2/c1-3-7-12(14-10(2)13)11-8-5-4-6-9-11/h3,8,12H,1,4-7,9H2,2H3. The van der Waals surface area contributed by atoms with Gasteiger partial charge < -0.3 is 4.74 Å². The lowest BCUT2D eigenvalue weighted by Crippen LogP contribution is -2.19. The molecule has 14 heavy (non-hydrogen) atoms. The van der Waals surface area contributed by atoms with Gasteiger partial charge >= 0.3 is 5.97 Å². The van der Waals surface area contributed by atoms with Crippen LogP contribution >= 0.6 is 0 Å². The van der Waals surface area contributed by atoms with Crippen LogP contribution < -0.4 is 0 Å². The molecule has 0 saturated carbocycles. The van der Waals surface area contributed by atoms with E-state index in [-0.39, 0.29) is 12.1 Å². The van der Waals surface area contributed by atoms with Crippen LogP contribution in [0.5, 0.6) is 0 Å². The van der Waals surface area contributed by atoms with Crippen molar-refractivity contribution in [1.29, 1.82) is 0 Å². The molecule has 1 aliphatic rings. The van der Waals surface area contributed by atoms with Crippen LogP contribution in [0.3, 0.4) is 0 Å². The van der Waals surface area contributed by atoms with Crippen molar-refractivity contribution in [2.75, 3.05) is 0 Å². The largest absolute Gasteiger partial charge is 0.458 e. The molecule has 0 aromatic rings.